The summed E-state index contributed by atoms with van der Waals surface area (Å²) >= 11 is 0. The molecule has 0 saturated carbocycles. The summed E-state index contributed by atoms with van der Waals surface area (Å²) in [5, 5.41) is 0. The number of anilines is 1. The highest BCUT2D eigenvalue weighted by molar-refractivity contribution is 6.05. The van der Waals surface area contributed by atoms with Gasteiger partial charge in [-0.3, -0.25) is 9.78 Å². The molecule has 1 unspecified atom stereocenters. The number of carbonyl (C=O) groups is 1. The molecule has 2 aromatic carbocycles. The number of benzene rings is 2. The molecule has 0 fully saturated rings. The molecule has 0 radical (unpaired) electrons. The first-order chi connectivity index (χ1) is 12.8. The Morgan fingerprint density at radius 3 is 2.58 bits per heavy atom. The van der Waals surface area contributed by atoms with Crippen LogP contribution in [-0.2, 0) is 11.2 Å². The second-order valence-corrected chi connectivity index (χ2v) is 6.75. The third-order valence-corrected chi connectivity index (χ3v) is 4.98. The van der Waals surface area contributed by atoms with Crippen LogP contribution in [-0.4, -0.2) is 17.4 Å². The zero-order valence-corrected chi connectivity index (χ0v) is 14.9. The molecule has 1 amide bonds. The molecule has 0 N–H and O–H groups in total. The maximum atomic E-state index is 13.1. The van der Waals surface area contributed by atoms with Crippen molar-refractivity contribution in [1.29, 1.82) is 0 Å². The SMILES string of the molecule is CCCN1C(=O)C(Cc2ccccc2)c2cc(-c3cccnc3)ccc21. The Hall–Kier alpha value is -2.94. The summed E-state index contributed by atoms with van der Waals surface area (Å²) in [6, 6.07) is 20.6. The molecule has 0 saturated heterocycles. The van der Waals surface area contributed by atoms with Crippen molar-refractivity contribution in [2.24, 2.45) is 0 Å². The van der Waals surface area contributed by atoms with E-state index >= 15 is 0 Å². The second kappa shape index (κ2) is 7.12. The van der Waals surface area contributed by atoms with Crippen LogP contribution < -0.4 is 4.90 Å². The average molecular weight is 342 g/mol. The van der Waals surface area contributed by atoms with E-state index in [0.717, 1.165) is 41.8 Å². The van der Waals surface area contributed by atoms with Crippen LogP contribution in [0.5, 0.6) is 0 Å². The van der Waals surface area contributed by atoms with Crippen LogP contribution in [0.2, 0.25) is 0 Å². The lowest BCUT2D eigenvalue weighted by atomic mass is 9.91. The number of rotatable bonds is 5. The zero-order valence-electron chi connectivity index (χ0n) is 14.9. The summed E-state index contributed by atoms with van der Waals surface area (Å²) < 4.78 is 0. The van der Waals surface area contributed by atoms with Gasteiger partial charge in [0.15, 0.2) is 0 Å². The Labute approximate surface area is 154 Å². The van der Waals surface area contributed by atoms with E-state index in [1.165, 1.54) is 5.56 Å². The van der Waals surface area contributed by atoms with Gasteiger partial charge in [0.25, 0.3) is 0 Å². The topological polar surface area (TPSA) is 33.2 Å². The van der Waals surface area contributed by atoms with Crippen molar-refractivity contribution in [2.75, 3.05) is 11.4 Å². The summed E-state index contributed by atoms with van der Waals surface area (Å²) in [5.41, 5.74) is 5.58. The first kappa shape index (κ1) is 16.5. The van der Waals surface area contributed by atoms with Crippen LogP contribution in [0.1, 0.15) is 30.4 Å². The lowest BCUT2D eigenvalue weighted by Crippen LogP contribution is -2.30. The van der Waals surface area contributed by atoms with Gasteiger partial charge in [-0.05, 0) is 53.3 Å². The number of carbonyl (C=O) groups excluding carboxylic acids is 1. The number of nitrogens with zero attached hydrogens (tertiary/aromatic N) is 2. The molecule has 1 atom stereocenters. The summed E-state index contributed by atoms with van der Waals surface area (Å²) in [4.78, 5) is 19.3. The molecule has 4 rings (SSSR count). The molecule has 2 heterocycles. The largest absolute Gasteiger partial charge is 0.312 e. The predicted molar refractivity (Wildman–Crippen MR) is 105 cm³/mol. The molecule has 3 aromatic rings. The zero-order chi connectivity index (χ0) is 17.9. The quantitative estimate of drug-likeness (QED) is 0.665. The molecule has 1 aromatic heterocycles. The summed E-state index contributed by atoms with van der Waals surface area (Å²) in [7, 11) is 0. The number of fused-ring (bicyclic) bond motifs is 1. The highest BCUT2D eigenvalue weighted by Gasteiger charge is 2.36. The average Bonchev–Trinajstić information content (AvgIpc) is 2.95. The molecule has 0 spiro atoms. The lowest BCUT2D eigenvalue weighted by molar-refractivity contribution is -0.119. The second-order valence-electron chi connectivity index (χ2n) is 6.75. The maximum absolute atomic E-state index is 13.1. The standard InChI is InChI=1S/C23H22N2O/c1-2-13-25-22-11-10-18(19-9-6-12-24-16-19)15-20(22)21(23(25)26)14-17-7-4-3-5-8-17/h3-12,15-16,21H,2,13-14H2,1H3. The van der Waals surface area contributed by atoms with E-state index in [1.54, 1.807) is 6.20 Å². The van der Waals surface area contributed by atoms with E-state index in [2.05, 4.69) is 48.3 Å². The van der Waals surface area contributed by atoms with E-state index in [4.69, 9.17) is 0 Å². The summed E-state index contributed by atoms with van der Waals surface area (Å²) in [6.07, 6.45) is 5.34. The van der Waals surface area contributed by atoms with Crippen LogP contribution in [0.15, 0.2) is 73.1 Å². The molecule has 26 heavy (non-hydrogen) atoms. The summed E-state index contributed by atoms with van der Waals surface area (Å²) in [6.45, 7) is 2.88. The van der Waals surface area contributed by atoms with Gasteiger partial charge in [-0.2, -0.15) is 0 Å². The fraction of sp³-hybridized carbons (Fsp3) is 0.217. The highest BCUT2D eigenvalue weighted by Crippen LogP contribution is 2.41. The Kier molecular flexibility index (Phi) is 4.53. The minimum absolute atomic E-state index is 0.115. The van der Waals surface area contributed by atoms with Gasteiger partial charge in [0.2, 0.25) is 5.91 Å². The van der Waals surface area contributed by atoms with Gasteiger partial charge < -0.3 is 4.90 Å². The van der Waals surface area contributed by atoms with Crippen LogP contribution in [0.4, 0.5) is 5.69 Å². The highest BCUT2D eigenvalue weighted by atomic mass is 16.2. The van der Waals surface area contributed by atoms with Crippen LogP contribution >= 0.6 is 0 Å². The number of amides is 1. The van der Waals surface area contributed by atoms with Crippen molar-refractivity contribution in [1.82, 2.24) is 4.98 Å². The minimum atomic E-state index is -0.115. The maximum Gasteiger partial charge on any atom is 0.234 e. The Morgan fingerprint density at radius 1 is 1.00 bits per heavy atom. The molecule has 1 aliphatic heterocycles. The first-order valence-corrected chi connectivity index (χ1v) is 9.17. The molecular formula is C23H22N2O. The Bertz CT molecular complexity index is 906. The van der Waals surface area contributed by atoms with Crippen molar-refractivity contribution in [3.8, 4) is 11.1 Å². The van der Waals surface area contributed by atoms with E-state index in [9.17, 15) is 4.79 Å². The number of hydrogen-bond donors (Lipinski definition) is 0. The van der Waals surface area contributed by atoms with E-state index in [-0.39, 0.29) is 11.8 Å². The lowest BCUT2D eigenvalue weighted by Gasteiger charge is -2.17. The molecule has 0 aliphatic carbocycles. The van der Waals surface area contributed by atoms with Gasteiger partial charge in [-0.1, -0.05) is 49.4 Å². The molecular weight excluding hydrogens is 320 g/mol. The molecule has 3 heteroatoms. The van der Waals surface area contributed by atoms with Crippen molar-refractivity contribution < 1.29 is 4.79 Å². The molecule has 0 bridgehead atoms. The Morgan fingerprint density at radius 2 is 1.85 bits per heavy atom. The first-order valence-electron chi connectivity index (χ1n) is 9.17. The predicted octanol–water partition coefficient (Wildman–Crippen LogP) is 4.83. The third-order valence-electron chi connectivity index (χ3n) is 4.98. The van der Waals surface area contributed by atoms with Gasteiger partial charge in [0.05, 0.1) is 5.92 Å². The smallest absolute Gasteiger partial charge is 0.234 e. The molecule has 3 nitrogen and oxygen atoms in total. The number of pyridine rings is 1. The molecule has 130 valence electrons. The van der Waals surface area contributed by atoms with Crippen molar-refractivity contribution in [3.05, 3.63) is 84.2 Å². The van der Waals surface area contributed by atoms with Gasteiger partial charge in [0, 0.05) is 24.6 Å². The van der Waals surface area contributed by atoms with Crippen LogP contribution in [0.25, 0.3) is 11.1 Å². The monoisotopic (exact) mass is 342 g/mol. The van der Waals surface area contributed by atoms with E-state index < -0.39 is 0 Å². The fourth-order valence-corrected chi connectivity index (χ4v) is 3.73. The van der Waals surface area contributed by atoms with Gasteiger partial charge >= 0.3 is 0 Å². The van der Waals surface area contributed by atoms with E-state index in [1.807, 2.05) is 35.4 Å². The van der Waals surface area contributed by atoms with Gasteiger partial charge in [-0.15, -0.1) is 0 Å². The fourth-order valence-electron chi connectivity index (χ4n) is 3.73. The number of hydrogen-bond acceptors (Lipinski definition) is 2. The summed E-state index contributed by atoms with van der Waals surface area (Å²) in [5.74, 6) is 0.101. The normalized spacial score (nSPS) is 16.0. The van der Waals surface area contributed by atoms with Crippen molar-refractivity contribution >= 4 is 11.6 Å². The third kappa shape index (κ3) is 3.01. The van der Waals surface area contributed by atoms with Crippen molar-refractivity contribution in [2.45, 2.75) is 25.7 Å². The Balaban J connectivity index is 1.76. The number of aromatic nitrogens is 1. The molecule has 1 aliphatic rings. The van der Waals surface area contributed by atoms with Crippen LogP contribution in [0, 0.1) is 0 Å². The van der Waals surface area contributed by atoms with Crippen molar-refractivity contribution in [3.63, 3.8) is 0 Å². The van der Waals surface area contributed by atoms with Gasteiger partial charge in [0.1, 0.15) is 0 Å². The minimum Gasteiger partial charge on any atom is -0.312 e. The van der Waals surface area contributed by atoms with Gasteiger partial charge in [-0.25, -0.2) is 0 Å². The van der Waals surface area contributed by atoms with E-state index in [0.29, 0.717) is 0 Å². The van der Waals surface area contributed by atoms with Crippen LogP contribution in [0.3, 0.4) is 0 Å².